The zero-order valence-electron chi connectivity index (χ0n) is 20.6. The number of halogens is 2. The standard InChI is InChI=1S/C28H33ClN2O3.ClH/c1-21-4-9-24(29)16-28(21)31-14-12-30(13-15-31)11-10-22-5-7-23(8-6-22)20-34-27-18-25(32-2)17-26(19-27)33-3;/h4-9,16-19H,10-15,20H2,1-3H3;1H. The summed E-state index contributed by atoms with van der Waals surface area (Å²) in [6, 6.07) is 20.4. The van der Waals surface area contributed by atoms with E-state index in [0.29, 0.717) is 18.1 Å². The van der Waals surface area contributed by atoms with Crippen molar-refractivity contribution >= 4 is 29.7 Å². The van der Waals surface area contributed by atoms with Gasteiger partial charge in [-0.05, 0) is 42.2 Å². The van der Waals surface area contributed by atoms with Crippen molar-refractivity contribution in [1.82, 2.24) is 4.90 Å². The van der Waals surface area contributed by atoms with Gasteiger partial charge in [-0.2, -0.15) is 0 Å². The van der Waals surface area contributed by atoms with E-state index in [-0.39, 0.29) is 12.4 Å². The van der Waals surface area contributed by atoms with Crippen molar-refractivity contribution in [3.8, 4) is 17.2 Å². The highest BCUT2D eigenvalue weighted by Crippen LogP contribution is 2.28. The van der Waals surface area contributed by atoms with Gasteiger partial charge in [0.25, 0.3) is 0 Å². The Bertz CT molecular complexity index is 1060. The molecule has 0 radical (unpaired) electrons. The van der Waals surface area contributed by atoms with Gasteiger partial charge < -0.3 is 19.1 Å². The molecule has 0 aromatic heterocycles. The number of ether oxygens (including phenoxy) is 3. The van der Waals surface area contributed by atoms with Crippen molar-refractivity contribution in [2.45, 2.75) is 20.0 Å². The van der Waals surface area contributed by atoms with Gasteiger partial charge in [-0.3, -0.25) is 4.90 Å². The van der Waals surface area contributed by atoms with E-state index in [1.165, 1.54) is 16.8 Å². The number of aryl methyl sites for hydroxylation is 1. The Kier molecular flexibility index (Phi) is 9.96. The fraction of sp³-hybridized carbons (Fsp3) is 0.357. The average molecular weight is 517 g/mol. The predicted molar refractivity (Wildman–Crippen MR) is 146 cm³/mol. The Morgan fingerprint density at radius 1 is 0.771 bits per heavy atom. The minimum atomic E-state index is 0. The second-order valence-electron chi connectivity index (χ2n) is 8.66. The van der Waals surface area contributed by atoms with Crippen molar-refractivity contribution in [1.29, 1.82) is 0 Å². The summed E-state index contributed by atoms with van der Waals surface area (Å²) in [5.74, 6) is 2.16. The second-order valence-corrected chi connectivity index (χ2v) is 9.10. The Labute approximate surface area is 220 Å². The lowest BCUT2D eigenvalue weighted by Crippen LogP contribution is -2.47. The maximum atomic E-state index is 6.21. The molecule has 0 amide bonds. The molecule has 3 aromatic rings. The molecule has 1 aliphatic heterocycles. The molecule has 1 aliphatic rings. The van der Waals surface area contributed by atoms with Crippen molar-refractivity contribution in [2.24, 2.45) is 0 Å². The summed E-state index contributed by atoms with van der Waals surface area (Å²) in [6.07, 6.45) is 1.05. The van der Waals surface area contributed by atoms with Crippen LogP contribution >= 0.6 is 24.0 Å². The first-order valence-electron chi connectivity index (χ1n) is 11.7. The lowest BCUT2D eigenvalue weighted by Gasteiger charge is -2.37. The molecular weight excluding hydrogens is 483 g/mol. The summed E-state index contributed by atoms with van der Waals surface area (Å²) in [4.78, 5) is 4.99. The van der Waals surface area contributed by atoms with Crippen molar-refractivity contribution in [3.63, 3.8) is 0 Å². The van der Waals surface area contributed by atoms with Crippen LogP contribution in [0, 0.1) is 6.92 Å². The van der Waals surface area contributed by atoms with E-state index in [2.05, 4.69) is 53.1 Å². The van der Waals surface area contributed by atoms with E-state index in [1.807, 2.05) is 24.3 Å². The van der Waals surface area contributed by atoms with Crippen LogP contribution in [-0.2, 0) is 13.0 Å². The van der Waals surface area contributed by atoms with Gasteiger partial charge in [0.2, 0.25) is 0 Å². The monoisotopic (exact) mass is 516 g/mol. The van der Waals surface area contributed by atoms with E-state index in [0.717, 1.165) is 55.5 Å². The highest BCUT2D eigenvalue weighted by atomic mass is 35.5. The number of piperazine rings is 1. The van der Waals surface area contributed by atoms with E-state index >= 15 is 0 Å². The molecule has 1 saturated heterocycles. The topological polar surface area (TPSA) is 34.2 Å². The van der Waals surface area contributed by atoms with Gasteiger partial charge in [0.1, 0.15) is 23.9 Å². The number of rotatable bonds is 9. The largest absolute Gasteiger partial charge is 0.496 e. The molecule has 35 heavy (non-hydrogen) atoms. The molecule has 1 fully saturated rings. The first kappa shape index (κ1) is 27.0. The molecule has 5 nitrogen and oxygen atoms in total. The Morgan fingerprint density at radius 3 is 2.00 bits per heavy atom. The fourth-order valence-electron chi connectivity index (χ4n) is 4.26. The van der Waals surface area contributed by atoms with E-state index in [4.69, 9.17) is 25.8 Å². The number of methoxy groups -OCH3 is 2. The van der Waals surface area contributed by atoms with Crippen molar-refractivity contribution in [3.05, 3.63) is 82.4 Å². The van der Waals surface area contributed by atoms with Crippen LogP contribution in [0.3, 0.4) is 0 Å². The fourth-order valence-corrected chi connectivity index (χ4v) is 4.42. The summed E-state index contributed by atoms with van der Waals surface area (Å²) in [6.45, 7) is 7.94. The van der Waals surface area contributed by atoms with Crippen LogP contribution in [0.5, 0.6) is 17.2 Å². The summed E-state index contributed by atoms with van der Waals surface area (Å²) in [5.41, 5.74) is 5.03. The third-order valence-electron chi connectivity index (χ3n) is 6.35. The zero-order valence-corrected chi connectivity index (χ0v) is 22.2. The summed E-state index contributed by atoms with van der Waals surface area (Å²) >= 11 is 6.21. The lowest BCUT2D eigenvalue weighted by atomic mass is 10.1. The van der Waals surface area contributed by atoms with Gasteiger partial charge in [0.05, 0.1) is 14.2 Å². The first-order chi connectivity index (χ1) is 16.5. The van der Waals surface area contributed by atoms with Gasteiger partial charge in [0, 0.05) is 61.6 Å². The molecule has 0 N–H and O–H groups in total. The van der Waals surface area contributed by atoms with Crippen LogP contribution in [-0.4, -0.2) is 51.8 Å². The highest BCUT2D eigenvalue weighted by molar-refractivity contribution is 6.30. The van der Waals surface area contributed by atoms with Gasteiger partial charge in [-0.15, -0.1) is 12.4 Å². The van der Waals surface area contributed by atoms with Crippen LogP contribution < -0.4 is 19.1 Å². The minimum absolute atomic E-state index is 0. The summed E-state index contributed by atoms with van der Waals surface area (Å²) < 4.78 is 16.6. The van der Waals surface area contributed by atoms with Crippen LogP contribution in [0.1, 0.15) is 16.7 Å². The summed E-state index contributed by atoms with van der Waals surface area (Å²) in [7, 11) is 3.27. The number of hydrogen-bond acceptors (Lipinski definition) is 5. The molecule has 1 heterocycles. The van der Waals surface area contributed by atoms with Gasteiger partial charge in [-0.1, -0.05) is 41.9 Å². The molecule has 0 unspecified atom stereocenters. The van der Waals surface area contributed by atoms with Crippen molar-refractivity contribution in [2.75, 3.05) is 51.8 Å². The maximum absolute atomic E-state index is 6.21. The Hall–Kier alpha value is -2.60. The molecular formula is C28H34Cl2N2O3. The molecule has 7 heteroatoms. The van der Waals surface area contributed by atoms with Gasteiger partial charge in [-0.25, -0.2) is 0 Å². The minimum Gasteiger partial charge on any atom is -0.496 e. The third kappa shape index (κ3) is 7.44. The molecule has 0 spiro atoms. The van der Waals surface area contributed by atoms with E-state index in [9.17, 15) is 0 Å². The van der Waals surface area contributed by atoms with Crippen LogP contribution in [0.4, 0.5) is 5.69 Å². The molecule has 4 rings (SSSR count). The molecule has 0 bridgehead atoms. The Balaban J connectivity index is 0.00000342. The number of anilines is 1. The smallest absolute Gasteiger partial charge is 0.127 e. The summed E-state index contributed by atoms with van der Waals surface area (Å²) in [5, 5.41) is 0.806. The molecule has 3 aromatic carbocycles. The maximum Gasteiger partial charge on any atom is 0.127 e. The molecule has 0 saturated carbocycles. The van der Waals surface area contributed by atoms with Crippen molar-refractivity contribution < 1.29 is 14.2 Å². The average Bonchev–Trinajstić information content (AvgIpc) is 2.88. The van der Waals surface area contributed by atoms with Crippen LogP contribution in [0.2, 0.25) is 5.02 Å². The Morgan fingerprint density at radius 2 is 1.37 bits per heavy atom. The predicted octanol–water partition coefficient (Wildman–Crippen LogP) is 6.03. The lowest BCUT2D eigenvalue weighted by molar-refractivity contribution is 0.261. The zero-order chi connectivity index (χ0) is 23.9. The SMILES string of the molecule is COc1cc(OC)cc(OCc2ccc(CCN3CCN(c4cc(Cl)ccc4C)CC3)cc2)c1.Cl. The number of hydrogen-bond donors (Lipinski definition) is 0. The van der Waals surface area contributed by atoms with Crippen LogP contribution in [0.15, 0.2) is 60.7 Å². The highest BCUT2D eigenvalue weighted by Gasteiger charge is 2.18. The molecule has 188 valence electrons. The van der Waals surface area contributed by atoms with Gasteiger partial charge >= 0.3 is 0 Å². The molecule has 0 atom stereocenters. The first-order valence-corrected chi connectivity index (χ1v) is 12.1. The number of benzene rings is 3. The van der Waals surface area contributed by atoms with E-state index < -0.39 is 0 Å². The van der Waals surface area contributed by atoms with E-state index in [1.54, 1.807) is 14.2 Å². The normalized spacial score (nSPS) is 13.8. The second kappa shape index (κ2) is 12.9. The quantitative estimate of drug-likeness (QED) is 0.346. The van der Waals surface area contributed by atoms with Gasteiger partial charge in [0.15, 0.2) is 0 Å². The van der Waals surface area contributed by atoms with Crippen LogP contribution in [0.25, 0.3) is 0 Å². The third-order valence-corrected chi connectivity index (χ3v) is 6.59. The molecule has 0 aliphatic carbocycles. The number of nitrogens with zero attached hydrogens (tertiary/aromatic N) is 2.